The monoisotopic (exact) mass is 343 g/mol. The highest BCUT2D eigenvalue weighted by molar-refractivity contribution is 9.10. The third-order valence-electron chi connectivity index (χ3n) is 2.32. The second-order valence-electron chi connectivity index (χ2n) is 4.00. The summed E-state index contributed by atoms with van der Waals surface area (Å²) in [4.78, 5) is 34.1. The van der Waals surface area contributed by atoms with E-state index in [0.29, 0.717) is 0 Å². The Hall–Kier alpha value is -2.09. The molecule has 20 heavy (non-hydrogen) atoms. The van der Waals surface area contributed by atoms with Crippen LogP contribution < -0.4 is 11.1 Å². The third-order valence-corrected chi connectivity index (χ3v) is 2.85. The van der Waals surface area contributed by atoms with Gasteiger partial charge in [0.25, 0.3) is 0 Å². The van der Waals surface area contributed by atoms with Crippen molar-refractivity contribution in [3.05, 3.63) is 34.3 Å². The molecule has 0 spiro atoms. The first kappa shape index (κ1) is 16.0. The molecule has 4 N–H and O–H groups in total. The van der Waals surface area contributed by atoms with Crippen LogP contribution in [0.5, 0.6) is 0 Å². The fourth-order valence-electron chi connectivity index (χ4n) is 1.44. The van der Waals surface area contributed by atoms with Gasteiger partial charge in [0.2, 0.25) is 5.91 Å². The smallest absolute Gasteiger partial charge is 0.323 e. The van der Waals surface area contributed by atoms with Crippen LogP contribution >= 0.6 is 15.9 Å². The summed E-state index contributed by atoms with van der Waals surface area (Å²) in [5.74, 6) is -1.99. The lowest BCUT2D eigenvalue weighted by Crippen LogP contribution is -2.46. The second kappa shape index (κ2) is 7.49. The molecule has 8 heteroatoms. The Morgan fingerprint density at radius 1 is 1.20 bits per heavy atom. The molecule has 1 aromatic carbocycles. The van der Waals surface area contributed by atoms with Gasteiger partial charge in [-0.2, -0.15) is 0 Å². The van der Waals surface area contributed by atoms with Crippen LogP contribution in [0, 0.1) is 0 Å². The van der Waals surface area contributed by atoms with Gasteiger partial charge in [-0.25, -0.2) is 4.79 Å². The number of aliphatic carboxylic acids is 1. The van der Waals surface area contributed by atoms with E-state index in [2.05, 4.69) is 21.2 Å². The first-order valence-corrected chi connectivity index (χ1v) is 6.45. The number of amides is 3. The van der Waals surface area contributed by atoms with Crippen LogP contribution in [0.3, 0.4) is 0 Å². The Morgan fingerprint density at radius 2 is 1.80 bits per heavy atom. The number of nitrogens with zero attached hydrogens (tertiary/aromatic N) is 1. The SMILES string of the molecule is NC(=O)CN(CC(=O)O)C(=O)NCc1ccc(Br)cc1. The number of hydrogen-bond acceptors (Lipinski definition) is 3. The van der Waals surface area contributed by atoms with Crippen LogP contribution in [-0.2, 0) is 16.1 Å². The van der Waals surface area contributed by atoms with Crippen molar-refractivity contribution < 1.29 is 19.5 Å². The average molecular weight is 344 g/mol. The lowest BCUT2D eigenvalue weighted by Gasteiger charge is -2.19. The summed E-state index contributed by atoms with van der Waals surface area (Å²) in [6.45, 7) is -0.811. The second-order valence-corrected chi connectivity index (χ2v) is 4.92. The third kappa shape index (κ3) is 5.70. The minimum absolute atomic E-state index is 0.223. The summed E-state index contributed by atoms with van der Waals surface area (Å²) in [5.41, 5.74) is 5.82. The largest absolute Gasteiger partial charge is 0.480 e. The zero-order chi connectivity index (χ0) is 15.1. The van der Waals surface area contributed by atoms with Crippen molar-refractivity contribution in [2.45, 2.75) is 6.54 Å². The number of carboxylic acid groups (broad SMARTS) is 1. The number of urea groups is 1. The van der Waals surface area contributed by atoms with Gasteiger partial charge in [0, 0.05) is 11.0 Å². The Labute approximate surface area is 123 Å². The van der Waals surface area contributed by atoms with Gasteiger partial charge in [-0.3, -0.25) is 9.59 Å². The molecule has 1 rings (SSSR count). The quantitative estimate of drug-likeness (QED) is 0.699. The minimum atomic E-state index is -1.22. The molecule has 7 nitrogen and oxygen atoms in total. The van der Waals surface area contributed by atoms with E-state index in [1.54, 1.807) is 12.1 Å². The van der Waals surface area contributed by atoms with Crippen LogP contribution in [0.25, 0.3) is 0 Å². The molecular formula is C12H14BrN3O4. The molecule has 0 aliphatic rings. The van der Waals surface area contributed by atoms with E-state index in [1.807, 2.05) is 12.1 Å². The van der Waals surface area contributed by atoms with Crippen molar-refractivity contribution in [3.63, 3.8) is 0 Å². The summed E-state index contributed by atoms with van der Waals surface area (Å²) in [6, 6.07) is 6.59. The molecule has 0 unspecified atom stereocenters. The molecule has 1 aromatic rings. The lowest BCUT2D eigenvalue weighted by atomic mass is 10.2. The number of carbonyl (C=O) groups excluding carboxylic acids is 2. The van der Waals surface area contributed by atoms with E-state index in [-0.39, 0.29) is 6.54 Å². The molecule has 0 heterocycles. The highest BCUT2D eigenvalue weighted by atomic mass is 79.9. The van der Waals surface area contributed by atoms with Gasteiger partial charge in [0.05, 0.1) is 0 Å². The first-order chi connectivity index (χ1) is 9.38. The van der Waals surface area contributed by atoms with Crippen molar-refractivity contribution in [1.29, 1.82) is 0 Å². The molecule has 0 aromatic heterocycles. The van der Waals surface area contributed by atoms with Crippen LogP contribution in [0.1, 0.15) is 5.56 Å². The van der Waals surface area contributed by atoms with Crippen LogP contribution in [-0.4, -0.2) is 41.0 Å². The fourth-order valence-corrected chi connectivity index (χ4v) is 1.71. The van der Waals surface area contributed by atoms with E-state index < -0.39 is 31.0 Å². The summed E-state index contributed by atoms with van der Waals surface area (Å²) in [5, 5.41) is 11.2. The predicted molar refractivity (Wildman–Crippen MR) is 74.8 cm³/mol. The normalized spacial score (nSPS) is 9.85. The summed E-state index contributed by atoms with van der Waals surface area (Å²) >= 11 is 3.29. The van der Waals surface area contributed by atoms with Gasteiger partial charge >= 0.3 is 12.0 Å². The van der Waals surface area contributed by atoms with Crippen LogP contribution in [0.4, 0.5) is 4.79 Å². The van der Waals surface area contributed by atoms with Gasteiger partial charge in [-0.15, -0.1) is 0 Å². The summed E-state index contributed by atoms with van der Waals surface area (Å²) in [6.07, 6.45) is 0. The Kier molecular flexibility index (Phi) is 5.98. The molecule has 0 atom stereocenters. The number of halogens is 1. The summed E-state index contributed by atoms with van der Waals surface area (Å²) in [7, 11) is 0. The number of primary amides is 1. The molecule has 0 saturated carbocycles. The Morgan fingerprint density at radius 3 is 2.30 bits per heavy atom. The molecule has 0 aliphatic carbocycles. The van der Waals surface area contributed by atoms with E-state index in [9.17, 15) is 14.4 Å². The van der Waals surface area contributed by atoms with Crippen molar-refractivity contribution >= 4 is 33.8 Å². The average Bonchev–Trinajstić information content (AvgIpc) is 2.36. The zero-order valence-corrected chi connectivity index (χ0v) is 12.1. The standard InChI is InChI=1S/C12H14BrN3O4/c13-9-3-1-8(2-4-9)5-15-12(20)16(6-10(14)17)7-11(18)19/h1-4H,5-7H2,(H2,14,17)(H,15,20)(H,18,19). The van der Waals surface area contributed by atoms with Gasteiger partial charge in [-0.05, 0) is 17.7 Å². The van der Waals surface area contributed by atoms with E-state index in [0.717, 1.165) is 14.9 Å². The molecule has 0 aliphatic heterocycles. The number of rotatable bonds is 6. The fraction of sp³-hybridized carbons (Fsp3) is 0.250. The molecule has 0 radical (unpaired) electrons. The number of carbonyl (C=O) groups is 3. The topological polar surface area (TPSA) is 113 Å². The molecule has 108 valence electrons. The van der Waals surface area contributed by atoms with Crippen LogP contribution in [0.15, 0.2) is 28.7 Å². The summed E-state index contributed by atoms with van der Waals surface area (Å²) < 4.78 is 0.911. The van der Waals surface area contributed by atoms with E-state index >= 15 is 0 Å². The Bertz CT molecular complexity index is 488. The highest BCUT2D eigenvalue weighted by Gasteiger charge is 2.18. The molecule has 0 bridgehead atoms. The van der Waals surface area contributed by atoms with E-state index in [1.165, 1.54) is 0 Å². The number of carboxylic acids is 1. The van der Waals surface area contributed by atoms with Crippen molar-refractivity contribution in [1.82, 2.24) is 10.2 Å². The predicted octanol–water partition coefficient (Wildman–Crippen LogP) is 0.531. The number of benzene rings is 1. The minimum Gasteiger partial charge on any atom is -0.480 e. The maximum absolute atomic E-state index is 11.8. The molecule has 0 saturated heterocycles. The molecular weight excluding hydrogens is 330 g/mol. The van der Waals surface area contributed by atoms with Crippen LogP contribution in [0.2, 0.25) is 0 Å². The van der Waals surface area contributed by atoms with Crippen molar-refractivity contribution in [2.24, 2.45) is 5.73 Å². The van der Waals surface area contributed by atoms with Crippen molar-refractivity contribution in [2.75, 3.05) is 13.1 Å². The van der Waals surface area contributed by atoms with Gasteiger partial charge < -0.3 is 21.1 Å². The van der Waals surface area contributed by atoms with Gasteiger partial charge in [-0.1, -0.05) is 28.1 Å². The number of nitrogens with two attached hydrogens (primary N) is 1. The maximum atomic E-state index is 11.8. The number of hydrogen-bond donors (Lipinski definition) is 3. The van der Waals surface area contributed by atoms with Gasteiger partial charge in [0.15, 0.2) is 0 Å². The van der Waals surface area contributed by atoms with E-state index in [4.69, 9.17) is 10.8 Å². The number of nitrogens with one attached hydrogen (secondary N) is 1. The van der Waals surface area contributed by atoms with Gasteiger partial charge in [0.1, 0.15) is 13.1 Å². The highest BCUT2D eigenvalue weighted by Crippen LogP contribution is 2.10. The Balaban J connectivity index is 2.58. The lowest BCUT2D eigenvalue weighted by molar-refractivity contribution is -0.137. The molecule has 3 amide bonds. The van der Waals surface area contributed by atoms with Crippen molar-refractivity contribution in [3.8, 4) is 0 Å². The first-order valence-electron chi connectivity index (χ1n) is 5.66. The molecule has 0 fully saturated rings. The maximum Gasteiger partial charge on any atom is 0.323 e. The zero-order valence-electron chi connectivity index (χ0n) is 10.5.